The highest BCUT2D eigenvalue weighted by Crippen LogP contribution is 2.32. The van der Waals surface area contributed by atoms with Crippen molar-refractivity contribution in [1.82, 2.24) is 9.88 Å². The fourth-order valence-corrected chi connectivity index (χ4v) is 3.38. The SMILES string of the molecule is Cc1ccc(C(=O)N2C[C@@H](CO)[C@H](c3ccccn3)C2)c(C)c1. The van der Waals surface area contributed by atoms with E-state index < -0.39 is 0 Å². The lowest BCUT2D eigenvalue weighted by molar-refractivity contribution is 0.0780. The molecule has 0 unspecified atom stereocenters. The van der Waals surface area contributed by atoms with Gasteiger partial charge in [-0.3, -0.25) is 9.78 Å². The Balaban J connectivity index is 1.83. The van der Waals surface area contributed by atoms with E-state index in [4.69, 9.17) is 0 Å². The second kappa shape index (κ2) is 6.50. The molecule has 4 heteroatoms. The fraction of sp³-hybridized carbons (Fsp3) is 0.368. The normalized spacial score (nSPS) is 20.7. The van der Waals surface area contributed by atoms with Crippen molar-refractivity contribution in [3.63, 3.8) is 0 Å². The van der Waals surface area contributed by atoms with Gasteiger partial charge in [0.2, 0.25) is 0 Å². The summed E-state index contributed by atoms with van der Waals surface area (Å²) in [5, 5.41) is 9.69. The van der Waals surface area contributed by atoms with Crippen molar-refractivity contribution < 1.29 is 9.90 Å². The molecule has 2 heterocycles. The summed E-state index contributed by atoms with van der Waals surface area (Å²) in [5.74, 6) is 0.176. The maximum atomic E-state index is 12.8. The third-order valence-electron chi connectivity index (χ3n) is 4.64. The minimum absolute atomic E-state index is 0.0411. The first kappa shape index (κ1) is 15.7. The number of hydrogen-bond donors (Lipinski definition) is 1. The number of benzene rings is 1. The molecule has 1 fully saturated rings. The second-order valence-corrected chi connectivity index (χ2v) is 6.33. The molecule has 23 heavy (non-hydrogen) atoms. The molecule has 1 aromatic heterocycles. The summed E-state index contributed by atoms with van der Waals surface area (Å²) in [6.45, 7) is 5.24. The zero-order chi connectivity index (χ0) is 16.4. The van der Waals surface area contributed by atoms with Crippen LogP contribution in [0, 0.1) is 19.8 Å². The summed E-state index contributed by atoms with van der Waals surface area (Å²) >= 11 is 0. The van der Waals surface area contributed by atoms with E-state index in [0.29, 0.717) is 13.1 Å². The molecule has 1 aromatic carbocycles. The number of rotatable bonds is 3. The van der Waals surface area contributed by atoms with Crippen LogP contribution in [0.15, 0.2) is 42.6 Å². The number of aromatic nitrogens is 1. The van der Waals surface area contributed by atoms with E-state index in [9.17, 15) is 9.90 Å². The van der Waals surface area contributed by atoms with E-state index in [0.717, 1.165) is 22.4 Å². The number of nitrogens with zero attached hydrogens (tertiary/aromatic N) is 2. The number of amides is 1. The third kappa shape index (κ3) is 3.13. The van der Waals surface area contributed by atoms with Crippen LogP contribution in [0.3, 0.4) is 0 Å². The monoisotopic (exact) mass is 310 g/mol. The van der Waals surface area contributed by atoms with E-state index in [1.165, 1.54) is 0 Å². The van der Waals surface area contributed by atoms with Crippen LogP contribution in [0.2, 0.25) is 0 Å². The summed E-state index contributed by atoms with van der Waals surface area (Å²) in [4.78, 5) is 19.1. The Morgan fingerprint density at radius 1 is 1.26 bits per heavy atom. The van der Waals surface area contributed by atoms with E-state index >= 15 is 0 Å². The molecule has 0 saturated carbocycles. The topological polar surface area (TPSA) is 53.4 Å². The number of hydrogen-bond acceptors (Lipinski definition) is 3. The van der Waals surface area contributed by atoms with Gasteiger partial charge >= 0.3 is 0 Å². The van der Waals surface area contributed by atoms with Crippen LogP contribution in [0.25, 0.3) is 0 Å². The van der Waals surface area contributed by atoms with Gasteiger partial charge in [-0.1, -0.05) is 23.8 Å². The van der Waals surface area contributed by atoms with Gasteiger partial charge < -0.3 is 10.0 Å². The molecular formula is C19H22N2O2. The molecule has 120 valence electrons. The standard InChI is InChI=1S/C19H22N2O2/c1-13-6-7-16(14(2)9-13)19(23)21-10-15(12-22)17(11-21)18-5-3-4-8-20-18/h3-9,15,17,22H,10-12H2,1-2H3/t15-,17+/m0/s1. The molecule has 0 spiro atoms. The van der Waals surface area contributed by atoms with Crippen LogP contribution < -0.4 is 0 Å². The highest BCUT2D eigenvalue weighted by atomic mass is 16.3. The van der Waals surface area contributed by atoms with Gasteiger partial charge in [-0.2, -0.15) is 0 Å². The number of carbonyl (C=O) groups excluding carboxylic acids is 1. The van der Waals surface area contributed by atoms with Crippen LogP contribution in [0.1, 0.15) is 33.1 Å². The Hall–Kier alpha value is -2.20. The maximum absolute atomic E-state index is 12.8. The lowest BCUT2D eigenvalue weighted by Crippen LogP contribution is -2.29. The fourth-order valence-electron chi connectivity index (χ4n) is 3.38. The first-order valence-electron chi connectivity index (χ1n) is 7.98. The van der Waals surface area contributed by atoms with E-state index in [2.05, 4.69) is 4.98 Å². The van der Waals surface area contributed by atoms with Crippen LogP contribution in [0.4, 0.5) is 0 Å². The molecule has 1 aliphatic rings. The molecule has 1 saturated heterocycles. The number of aryl methyl sites for hydroxylation is 2. The zero-order valence-electron chi connectivity index (χ0n) is 13.6. The summed E-state index contributed by atoms with van der Waals surface area (Å²) in [7, 11) is 0. The van der Waals surface area contributed by atoms with Crippen LogP contribution in [0.5, 0.6) is 0 Å². The van der Waals surface area contributed by atoms with E-state index in [-0.39, 0.29) is 24.3 Å². The number of aliphatic hydroxyl groups is 1. The van der Waals surface area contributed by atoms with Gasteiger partial charge in [0.25, 0.3) is 5.91 Å². The van der Waals surface area contributed by atoms with E-state index in [1.807, 2.05) is 55.1 Å². The average molecular weight is 310 g/mol. The predicted molar refractivity (Wildman–Crippen MR) is 89.4 cm³/mol. The smallest absolute Gasteiger partial charge is 0.254 e. The summed E-state index contributed by atoms with van der Waals surface area (Å²) in [6.07, 6.45) is 1.76. The van der Waals surface area contributed by atoms with Crippen molar-refractivity contribution in [2.75, 3.05) is 19.7 Å². The second-order valence-electron chi connectivity index (χ2n) is 6.33. The molecule has 2 aromatic rings. The molecule has 1 N–H and O–H groups in total. The Morgan fingerprint density at radius 3 is 2.74 bits per heavy atom. The van der Waals surface area contributed by atoms with Crippen molar-refractivity contribution in [1.29, 1.82) is 0 Å². The van der Waals surface area contributed by atoms with Crippen LogP contribution in [-0.2, 0) is 0 Å². The molecule has 3 rings (SSSR count). The Bertz CT molecular complexity index is 700. The van der Waals surface area contributed by atoms with E-state index in [1.54, 1.807) is 6.20 Å². The molecule has 2 atom stereocenters. The molecule has 4 nitrogen and oxygen atoms in total. The number of likely N-dealkylation sites (tertiary alicyclic amines) is 1. The van der Waals surface area contributed by atoms with Gasteiger partial charge in [0.15, 0.2) is 0 Å². The zero-order valence-corrected chi connectivity index (χ0v) is 13.6. The molecule has 0 radical (unpaired) electrons. The lowest BCUT2D eigenvalue weighted by Gasteiger charge is -2.18. The molecule has 0 aliphatic carbocycles. The van der Waals surface area contributed by atoms with Gasteiger partial charge in [0.05, 0.1) is 0 Å². The molecule has 1 aliphatic heterocycles. The van der Waals surface area contributed by atoms with Gasteiger partial charge in [0, 0.05) is 49.0 Å². The molecule has 1 amide bonds. The van der Waals surface area contributed by atoms with Crippen molar-refractivity contribution in [3.8, 4) is 0 Å². The maximum Gasteiger partial charge on any atom is 0.254 e. The summed E-state index contributed by atoms with van der Waals surface area (Å²) in [5.41, 5.74) is 3.84. The van der Waals surface area contributed by atoms with Crippen molar-refractivity contribution >= 4 is 5.91 Å². The summed E-state index contributed by atoms with van der Waals surface area (Å²) < 4.78 is 0. The number of carbonyl (C=O) groups is 1. The third-order valence-corrected chi connectivity index (χ3v) is 4.64. The highest BCUT2D eigenvalue weighted by Gasteiger charge is 2.36. The lowest BCUT2D eigenvalue weighted by atomic mass is 9.93. The van der Waals surface area contributed by atoms with Crippen molar-refractivity contribution in [3.05, 3.63) is 65.0 Å². The first-order chi connectivity index (χ1) is 11.1. The molecular weight excluding hydrogens is 288 g/mol. The van der Waals surface area contributed by atoms with Crippen molar-refractivity contribution in [2.24, 2.45) is 5.92 Å². The minimum Gasteiger partial charge on any atom is -0.396 e. The first-order valence-corrected chi connectivity index (χ1v) is 7.98. The van der Waals surface area contributed by atoms with Crippen LogP contribution >= 0.6 is 0 Å². The number of pyridine rings is 1. The Morgan fingerprint density at radius 2 is 2.09 bits per heavy atom. The quantitative estimate of drug-likeness (QED) is 0.948. The Kier molecular flexibility index (Phi) is 4.44. The highest BCUT2D eigenvalue weighted by molar-refractivity contribution is 5.96. The number of aliphatic hydroxyl groups excluding tert-OH is 1. The van der Waals surface area contributed by atoms with Gasteiger partial charge in [-0.05, 0) is 37.6 Å². The van der Waals surface area contributed by atoms with Gasteiger partial charge in [-0.25, -0.2) is 0 Å². The minimum atomic E-state index is 0.0411. The van der Waals surface area contributed by atoms with Crippen molar-refractivity contribution in [2.45, 2.75) is 19.8 Å². The molecule has 0 bridgehead atoms. The largest absolute Gasteiger partial charge is 0.396 e. The summed E-state index contributed by atoms with van der Waals surface area (Å²) in [6, 6.07) is 11.7. The Labute approximate surface area is 136 Å². The predicted octanol–water partition coefficient (Wildman–Crippen LogP) is 2.55. The van der Waals surface area contributed by atoms with Gasteiger partial charge in [0.1, 0.15) is 0 Å². The average Bonchev–Trinajstić information content (AvgIpc) is 2.99. The van der Waals surface area contributed by atoms with Gasteiger partial charge in [-0.15, -0.1) is 0 Å². The van der Waals surface area contributed by atoms with Crippen LogP contribution in [-0.4, -0.2) is 40.6 Å².